The number of allylic oxidation sites excluding steroid dienone is 1. The standard InChI is InChI=1S/C24H40O2S/c1-16(5-4-14-26-27)20-8-9-21-19-7-6-17-15-18(25)10-12-23(17,2)22(19)11-13-24(20,21)3/h6,16,18-22,25,27H,4-5,7-15H2,1-3H3/t16-,18+,19+,20-,21+,22+,23+,24-/m1/s1. The Kier molecular flexibility index (Phi) is 5.78. The predicted molar refractivity (Wildman–Crippen MR) is 115 cm³/mol. The summed E-state index contributed by atoms with van der Waals surface area (Å²) >= 11 is 3.91. The van der Waals surface area contributed by atoms with Crippen molar-refractivity contribution in [3.63, 3.8) is 0 Å². The quantitative estimate of drug-likeness (QED) is 0.252. The van der Waals surface area contributed by atoms with Crippen molar-refractivity contribution in [3.05, 3.63) is 11.6 Å². The van der Waals surface area contributed by atoms with Crippen LogP contribution in [0, 0.1) is 40.4 Å². The lowest BCUT2D eigenvalue weighted by atomic mass is 9.47. The lowest BCUT2D eigenvalue weighted by molar-refractivity contribution is -0.0573. The lowest BCUT2D eigenvalue weighted by Gasteiger charge is -2.58. The van der Waals surface area contributed by atoms with Crippen LogP contribution in [0.1, 0.15) is 85.0 Å². The summed E-state index contributed by atoms with van der Waals surface area (Å²) in [5, 5.41) is 10.2. The van der Waals surface area contributed by atoms with Crippen LogP contribution in [0.3, 0.4) is 0 Å². The zero-order valence-corrected chi connectivity index (χ0v) is 18.5. The number of aliphatic hydroxyl groups excluding tert-OH is 1. The first-order valence-electron chi connectivity index (χ1n) is 11.5. The van der Waals surface area contributed by atoms with Crippen molar-refractivity contribution >= 4 is 12.9 Å². The van der Waals surface area contributed by atoms with E-state index in [-0.39, 0.29) is 6.10 Å². The van der Waals surface area contributed by atoms with Crippen LogP contribution in [-0.2, 0) is 4.18 Å². The minimum absolute atomic E-state index is 0.0901. The molecule has 0 aromatic rings. The Balaban J connectivity index is 1.52. The zero-order valence-electron chi connectivity index (χ0n) is 17.6. The molecule has 4 rings (SSSR count). The van der Waals surface area contributed by atoms with Crippen LogP contribution in [0.4, 0.5) is 0 Å². The van der Waals surface area contributed by atoms with Crippen LogP contribution >= 0.6 is 12.9 Å². The molecular weight excluding hydrogens is 352 g/mol. The normalized spacial score (nSPS) is 47.6. The van der Waals surface area contributed by atoms with Gasteiger partial charge in [-0.15, -0.1) is 0 Å². The van der Waals surface area contributed by atoms with Crippen molar-refractivity contribution < 1.29 is 9.29 Å². The molecule has 0 spiro atoms. The molecule has 0 heterocycles. The van der Waals surface area contributed by atoms with E-state index in [2.05, 4.69) is 39.8 Å². The average molecular weight is 393 g/mol. The van der Waals surface area contributed by atoms with Crippen molar-refractivity contribution in [2.45, 2.75) is 91.1 Å². The molecule has 3 saturated carbocycles. The van der Waals surface area contributed by atoms with Crippen LogP contribution in [0.5, 0.6) is 0 Å². The second kappa shape index (κ2) is 7.69. The van der Waals surface area contributed by atoms with Gasteiger partial charge in [0.05, 0.1) is 12.7 Å². The van der Waals surface area contributed by atoms with Crippen molar-refractivity contribution in [2.24, 2.45) is 40.4 Å². The molecule has 0 aliphatic heterocycles. The van der Waals surface area contributed by atoms with Crippen molar-refractivity contribution in [1.29, 1.82) is 0 Å². The van der Waals surface area contributed by atoms with Crippen molar-refractivity contribution in [3.8, 4) is 0 Å². The third-order valence-electron chi connectivity index (χ3n) is 9.73. The van der Waals surface area contributed by atoms with E-state index in [1.807, 2.05) is 0 Å². The SMILES string of the molecule is C[C@H](CCCOS)[C@H]1CC[C@H]2[C@@H]3CC=C4C[C@@H](O)CC[C@]4(C)[C@H]3CC[C@]12C. The Bertz CT molecular complexity index is 575. The average Bonchev–Trinajstić information content (AvgIpc) is 3.00. The van der Waals surface area contributed by atoms with E-state index in [0.29, 0.717) is 10.8 Å². The van der Waals surface area contributed by atoms with Gasteiger partial charge in [0.15, 0.2) is 0 Å². The molecule has 8 atom stereocenters. The molecule has 27 heavy (non-hydrogen) atoms. The fraction of sp³-hybridized carbons (Fsp3) is 0.917. The predicted octanol–water partition coefficient (Wildman–Crippen LogP) is 6.20. The van der Waals surface area contributed by atoms with Gasteiger partial charge in [-0.05, 0) is 118 Å². The van der Waals surface area contributed by atoms with Crippen LogP contribution < -0.4 is 0 Å². The largest absolute Gasteiger partial charge is 0.393 e. The molecule has 4 aliphatic rings. The maximum absolute atomic E-state index is 10.2. The van der Waals surface area contributed by atoms with Gasteiger partial charge in [-0.25, -0.2) is 0 Å². The summed E-state index contributed by atoms with van der Waals surface area (Å²) in [6.45, 7) is 8.45. The molecular formula is C24H40O2S. The van der Waals surface area contributed by atoms with E-state index in [1.165, 1.54) is 44.9 Å². The molecule has 4 aliphatic carbocycles. The Morgan fingerprint density at radius 3 is 2.78 bits per heavy atom. The summed E-state index contributed by atoms with van der Waals surface area (Å²) in [4.78, 5) is 0. The van der Waals surface area contributed by atoms with E-state index < -0.39 is 0 Å². The summed E-state index contributed by atoms with van der Waals surface area (Å²) < 4.78 is 5.00. The Morgan fingerprint density at radius 1 is 1.19 bits per heavy atom. The molecule has 3 heteroatoms. The smallest absolute Gasteiger partial charge is 0.0610 e. The number of rotatable bonds is 5. The third-order valence-corrected chi connectivity index (χ3v) is 9.92. The Hall–Kier alpha value is 0.01000. The Morgan fingerprint density at radius 2 is 2.00 bits per heavy atom. The van der Waals surface area contributed by atoms with Gasteiger partial charge in [0.1, 0.15) is 0 Å². The van der Waals surface area contributed by atoms with E-state index >= 15 is 0 Å². The van der Waals surface area contributed by atoms with Gasteiger partial charge in [-0.2, -0.15) is 0 Å². The molecule has 2 nitrogen and oxygen atoms in total. The minimum atomic E-state index is -0.0901. The molecule has 0 aromatic carbocycles. The second-order valence-corrected chi connectivity index (χ2v) is 11.1. The Labute approximate surface area is 172 Å². The molecule has 3 fully saturated rings. The van der Waals surface area contributed by atoms with Gasteiger partial charge < -0.3 is 9.29 Å². The summed E-state index contributed by atoms with van der Waals surface area (Å²) in [6, 6.07) is 0. The fourth-order valence-corrected chi connectivity index (χ4v) is 8.42. The molecule has 0 radical (unpaired) electrons. The number of hydrogen-bond acceptors (Lipinski definition) is 3. The zero-order chi connectivity index (χ0) is 19.2. The summed E-state index contributed by atoms with van der Waals surface area (Å²) in [7, 11) is 0. The first-order valence-corrected chi connectivity index (χ1v) is 11.9. The van der Waals surface area contributed by atoms with E-state index in [4.69, 9.17) is 4.18 Å². The monoisotopic (exact) mass is 392 g/mol. The topological polar surface area (TPSA) is 29.5 Å². The molecule has 0 saturated heterocycles. The van der Waals surface area contributed by atoms with Gasteiger partial charge in [-0.1, -0.05) is 32.4 Å². The van der Waals surface area contributed by atoms with Crippen molar-refractivity contribution in [2.75, 3.05) is 6.61 Å². The molecule has 154 valence electrons. The molecule has 0 bridgehead atoms. The molecule has 0 amide bonds. The highest BCUT2D eigenvalue weighted by Gasteiger charge is 2.59. The second-order valence-electron chi connectivity index (χ2n) is 10.8. The maximum Gasteiger partial charge on any atom is 0.0610 e. The first-order chi connectivity index (χ1) is 12.9. The van der Waals surface area contributed by atoms with E-state index in [1.54, 1.807) is 5.57 Å². The minimum Gasteiger partial charge on any atom is -0.393 e. The fourth-order valence-electron chi connectivity index (χ4n) is 8.29. The van der Waals surface area contributed by atoms with Crippen LogP contribution in [0.2, 0.25) is 0 Å². The number of thiol groups is 1. The van der Waals surface area contributed by atoms with E-state index in [9.17, 15) is 5.11 Å². The lowest BCUT2D eigenvalue weighted by Crippen LogP contribution is -2.50. The van der Waals surface area contributed by atoms with Gasteiger partial charge in [0, 0.05) is 0 Å². The number of hydrogen-bond donors (Lipinski definition) is 2. The molecule has 0 aromatic heterocycles. The van der Waals surface area contributed by atoms with Crippen LogP contribution in [-0.4, -0.2) is 17.8 Å². The maximum atomic E-state index is 10.2. The highest BCUT2D eigenvalue weighted by molar-refractivity contribution is 7.75. The van der Waals surface area contributed by atoms with Crippen LogP contribution in [0.25, 0.3) is 0 Å². The first kappa shape index (κ1) is 20.3. The summed E-state index contributed by atoms with van der Waals surface area (Å²) in [5.74, 6) is 4.33. The van der Waals surface area contributed by atoms with Gasteiger partial charge >= 0.3 is 0 Å². The van der Waals surface area contributed by atoms with Gasteiger partial charge in [0.2, 0.25) is 0 Å². The van der Waals surface area contributed by atoms with Gasteiger partial charge in [0.25, 0.3) is 0 Å². The summed E-state index contributed by atoms with van der Waals surface area (Å²) in [6.07, 6.45) is 15.0. The van der Waals surface area contributed by atoms with Crippen molar-refractivity contribution in [1.82, 2.24) is 0 Å². The highest BCUT2D eigenvalue weighted by Crippen LogP contribution is 2.67. The number of aliphatic hydroxyl groups is 1. The van der Waals surface area contributed by atoms with Crippen LogP contribution in [0.15, 0.2) is 11.6 Å². The highest BCUT2D eigenvalue weighted by atomic mass is 32.1. The number of fused-ring (bicyclic) bond motifs is 5. The van der Waals surface area contributed by atoms with Gasteiger partial charge in [-0.3, -0.25) is 0 Å². The third kappa shape index (κ3) is 3.34. The molecule has 1 N–H and O–H groups in total. The summed E-state index contributed by atoms with van der Waals surface area (Å²) in [5.41, 5.74) is 2.51. The van der Waals surface area contributed by atoms with E-state index in [0.717, 1.165) is 55.5 Å². The molecule has 0 unspecified atom stereocenters.